The van der Waals surface area contributed by atoms with Crippen LogP contribution in [0.25, 0.3) is 21.3 Å². The number of benzene rings is 2. The third-order valence-corrected chi connectivity index (χ3v) is 6.71. The summed E-state index contributed by atoms with van der Waals surface area (Å²) in [4.78, 5) is 16.9. The number of methoxy groups -OCH3 is 1. The van der Waals surface area contributed by atoms with E-state index in [4.69, 9.17) is 21.3 Å². The Morgan fingerprint density at radius 2 is 1.74 bits per heavy atom. The van der Waals surface area contributed by atoms with Crippen molar-refractivity contribution in [2.45, 2.75) is 13.0 Å². The van der Waals surface area contributed by atoms with Crippen LogP contribution in [0.5, 0.6) is 5.75 Å². The zero-order chi connectivity index (χ0) is 23.3. The van der Waals surface area contributed by atoms with Gasteiger partial charge in [-0.05, 0) is 47.0 Å². The number of hydrogen-bond acceptors (Lipinski definition) is 6. The van der Waals surface area contributed by atoms with Gasteiger partial charge in [-0.25, -0.2) is 4.98 Å². The molecule has 0 aliphatic rings. The number of halogens is 1. The molecule has 0 bridgehead atoms. The molecule has 7 heteroatoms. The Morgan fingerprint density at radius 1 is 0.941 bits per heavy atom. The fraction of sp³-hybridized carbons (Fsp3) is 0.148. The van der Waals surface area contributed by atoms with Crippen molar-refractivity contribution < 1.29 is 4.74 Å². The van der Waals surface area contributed by atoms with Crippen LogP contribution in [0.3, 0.4) is 0 Å². The molecule has 5 nitrogen and oxygen atoms in total. The van der Waals surface area contributed by atoms with E-state index in [-0.39, 0.29) is 5.28 Å². The standard InChI is InChI=1S/C27H23ClN4OS/c1-33-22-12-10-20(11-13-22)23-18-34-26-24(23)25(30-27(28)31-26)32(17-19-7-3-2-4-8-19)16-14-21-9-5-6-15-29-21/h2-13,15,18H,14,16-17H2,1H3. The molecular weight excluding hydrogens is 464 g/mol. The first-order valence-corrected chi connectivity index (χ1v) is 12.2. The molecule has 0 amide bonds. The normalized spacial score (nSPS) is 11.0. The lowest BCUT2D eigenvalue weighted by Gasteiger charge is -2.25. The molecule has 0 atom stereocenters. The molecule has 0 spiro atoms. The van der Waals surface area contributed by atoms with Crippen LogP contribution in [0.2, 0.25) is 5.28 Å². The van der Waals surface area contributed by atoms with Gasteiger partial charge >= 0.3 is 0 Å². The van der Waals surface area contributed by atoms with Gasteiger partial charge in [0, 0.05) is 42.3 Å². The number of hydrogen-bond donors (Lipinski definition) is 0. The summed E-state index contributed by atoms with van der Waals surface area (Å²) in [6, 6.07) is 24.5. The maximum absolute atomic E-state index is 6.41. The van der Waals surface area contributed by atoms with Crippen LogP contribution in [-0.4, -0.2) is 28.6 Å². The molecule has 0 N–H and O–H groups in total. The number of rotatable bonds is 8. The molecule has 34 heavy (non-hydrogen) atoms. The second-order valence-electron chi connectivity index (χ2n) is 7.85. The van der Waals surface area contributed by atoms with Crippen molar-refractivity contribution in [3.05, 3.63) is 101 Å². The Bertz CT molecular complexity index is 1370. The van der Waals surface area contributed by atoms with Crippen molar-refractivity contribution >= 4 is 39.0 Å². The van der Waals surface area contributed by atoms with Crippen molar-refractivity contribution in [3.63, 3.8) is 0 Å². The summed E-state index contributed by atoms with van der Waals surface area (Å²) in [6.45, 7) is 1.44. The molecular formula is C27H23ClN4OS. The Balaban J connectivity index is 1.59. The SMILES string of the molecule is COc1ccc(-c2csc3nc(Cl)nc(N(CCc4ccccn4)Cc4ccccc4)c23)cc1. The van der Waals surface area contributed by atoms with Gasteiger partial charge < -0.3 is 9.64 Å². The van der Waals surface area contributed by atoms with E-state index in [2.05, 4.69) is 62.7 Å². The topological polar surface area (TPSA) is 51.1 Å². The molecule has 0 saturated heterocycles. The molecule has 5 aromatic rings. The van der Waals surface area contributed by atoms with E-state index in [9.17, 15) is 0 Å². The number of thiophene rings is 1. The van der Waals surface area contributed by atoms with Crippen molar-refractivity contribution in [2.24, 2.45) is 0 Å². The Labute approximate surface area is 207 Å². The number of aromatic nitrogens is 3. The molecule has 0 radical (unpaired) electrons. The quantitative estimate of drug-likeness (QED) is 0.229. The van der Waals surface area contributed by atoms with Gasteiger partial charge in [0.2, 0.25) is 5.28 Å². The number of pyridine rings is 1. The first-order valence-electron chi connectivity index (χ1n) is 11.0. The van der Waals surface area contributed by atoms with Gasteiger partial charge in [-0.2, -0.15) is 4.98 Å². The summed E-state index contributed by atoms with van der Waals surface area (Å²) in [5.41, 5.74) is 4.42. The third kappa shape index (κ3) is 4.88. The minimum absolute atomic E-state index is 0.251. The predicted molar refractivity (Wildman–Crippen MR) is 140 cm³/mol. The van der Waals surface area contributed by atoms with E-state index in [0.717, 1.165) is 51.6 Å². The zero-order valence-corrected chi connectivity index (χ0v) is 20.3. The summed E-state index contributed by atoms with van der Waals surface area (Å²) in [6.07, 6.45) is 2.62. The molecule has 5 rings (SSSR count). The molecule has 3 aromatic heterocycles. The number of nitrogens with zero attached hydrogens (tertiary/aromatic N) is 4. The fourth-order valence-electron chi connectivity index (χ4n) is 3.97. The molecule has 2 aromatic carbocycles. The van der Waals surface area contributed by atoms with E-state index < -0.39 is 0 Å². The van der Waals surface area contributed by atoms with E-state index in [0.29, 0.717) is 6.54 Å². The van der Waals surface area contributed by atoms with Crippen LogP contribution in [0, 0.1) is 0 Å². The largest absolute Gasteiger partial charge is 0.497 e. The first kappa shape index (κ1) is 22.3. The van der Waals surface area contributed by atoms with Crippen molar-refractivity contribution in [1.82, 2.24) is 15.0 Å². The number of anilines is 1. The van der Waals surface area contributed by atoms with Crippen LogP contribution < -0.4 is 9.64 Å². The molecule has 3 heterocycles. The van der Waals surface area contributed by atoms with E-state index in [1.165, 1.54) is 5.56 Å². The van der Waals surface area contributed by atoms with Crippen molar-refractivity contribution in [3.8, 4) is 16.9 Å². The van der Waals surface area contributed by atoms with Gasteiger partial charge in [0.1, 0.15) is 16.4 Å². The number of ether oxygens (including phenoxy) is 1. The highest BCUT2D eigenvalue weighted by Crippen LogP contribution is 2.39. The lowest BCUT2D eigenvalue weighted by molar-refractivity contribution is 0.415. The first-order chi connectivity index (χ1) is 16.7. The van der Waals surface area contributed by atoms with Gasteiger partial charge in [-0.15, -0.1) is 11.3 Å². The van der Waals surface area contributed by atoms with Crippen molar-refractivity contribution in [1.29, 1.82) is 0 Å². The van der Waals surface area contributed by atoms with Gasteiger partial charge in [0.25, 0.3) is 0 Å². The average Bonchev–Trinajstić information content (AvgIpc) is 3.31. The van der Waals surface area contributed by atoms with Gasteiger partial charge in [0.05, 0.1) is 12.5 Å². The number of fused-ring (bicyclic) bond motifs is 1. The smallest absolute Gasteiger partial charge is 0.225 e. The zero-order valence-electron chi connectivity index (χ0n) is 18.7. The Morgan fingerprint density at radius 3 is 2.47 bits per heavy atom. The van der Waals surface area contributed by atoms with E-state index in [1.54, 1.807) is 18.4 Å². The minimum atomic E-state index is 0.251. The van der Waals surface area contributed by atoms with Crippen LogP contribution in [-0.2, 0) is 13.0 Å². The summed E-state index contributed by atoms with van der Waals surface area (Å²) < 4.78 is 5.34. The maximum Gasteiger partial charge on any atom is 0.225 e. The molecule has 0 aliphatic carbocycles. The van der Waals surface area contributed by atoms with Crippen molar-refractivity contribution in [2.75, 3.05) is 18.6 Å². The average molecular weight is 487 g/mol. The minimum Gasteiger partial charge on any atom is -0.497 e. The van der Waals surface area contributed by atoms with Gasteiger partial charge in [0.15, 0.2) is 0 Å². The molecule has 0 aliphatic heterocycles. The Kier molecular flexibility index (Phi) is 6.70. The van der Waals surface area contributed by atoms with E-state index in [1.807, 2.05) is 36.5 Å². The van der Waals surface area contributed by atoms with Gasteiger partial charge in [-0.1, -0.05) is 48.5 Å². The summed E-state index contributed by atoms with van der Waals surface area (Å²) in [5, 5.41) is 3.39. The summed E-state index contributed by atoms with van der Waals surface area (Å²) in [5.74, 6) is 1.66. The van der Waals surface area contributed by atoms with Crippen LogP contribution in [0.15, 0.2) is 84.4 Å². The van der Waals surface area contributed by atoms with Crippen LogP contribution in [0.4, 0.5) is 5.82 Å². The second-order valence-corrected chi connectivity index (χ2v) is 9.05. The monoisotopic (exact) mass is 486 g/mol. The summed E-state index contributed by atoms with van der Waals surface area (Å²) >= 11 is 7.99. The highest BCUT2D eigenvalue weighted by atomic mass is 35.5. The summed E-state index contributed by atoms with van der Waals surface area (Å²) in [7, 11) is 1.67. The van der Waals surface area contributed by atoms with Crippen LogP contribution in [0.1, 0.15) is 11.3 Å². The third-order valence-electron chi connectivity index (χ3n) is 5.67. The predicted octanol–water partition coefficient (Wildman–Crippen LogP) is 6.66. The molecule has 0 unspecified atom stereocenters. The van der Waals surface area contributed by atoms with E-state index >= 15 is 0 Å². The highest BCUT2D eigenvalue weighted by Gasteiger charge is 2.20. The molecule has 0 fully saturated rings. The second kappa shape index (κ2) is 10.2. The fourth-order valence-corrected chi connectivity index (χ4v) is 5.13. The molecule has 170 valence electrons. The van der Waals surface area contributed by atoms with Crippen LogP contribution >= 0.6 is 22.9 Å². The lowest BCUT2D eigenvalue weighted by atomic mass is 10.1. The lowest BCUT2D eigenvalue weighted by Crippen LogP contribution is -2.27. The molecule has 0 saturated carbocycles. The Hall–Kier alpha value is -3.48. The maximum atomic E-state index is 6.41. The van der Waals surface area contributed by atoms with Gasteiger partial charge in [-0.3, -0.25) is 4.98 Å². The highest BCUT2D eigenvalue weighted by molar-refractivity contribution is 7.17.